The summed E-state index contributed by atoms with van der Waals surface area (Å²) in [5.74, 6) is 1.39. The lowest BCUT2D eigenvalue weighted by molar-refractivity contribution is -0.126. The molecule has 1 atom stereocenters. The molecule has 0 saturated carbocycles. The molecule has 1 heterocycles. The number of rotatable bonds is 6. The van der Waals surface area contributed by atoms with Gasteiger partial charge in [0, 0.05) is 19.0 Å². The molecular weight excluding hydrogens is 248 g/mol. The first kappa shape index (κ1) is 15.6. The summed E-state index contributed by atoms with van der Waals surface area (Å²) in [7, 11) is 0. The minimum atomic E-state index is 0.259. The average Bonchev–Trinajstić information content (AvgIpc) is 2.49. The Kier molecular flexibility index (Phi) is 6.58. The molecule has 3 nitrogen and oxygen atoms in total. The number of likely N-dealkylation sites (tertiary alicyclic amines) is 1. The fraction of sp³-hybridized carbons (Fsp3) is 0.824. The molecule has 1 saturated heterocycles. The Morgan fingerprint density at radius 3 is 2.70 bits per heavy atom. The zero-order chi connectivity index (χ0) is 14.2. The third-order valence-corrected chi connectivity index (χ3v) is 4.68. The van der Waals surface area contributed by atoms with Gasteiger partial charge in [-0.25, -0.2) is 0 Å². The summed E-state index contributed by atoms with van der Waals surface area (Å²) < 4.78 is 0. The van der Waals surface area contributed by atoms with E-state index in [0.717, 1.165) is 51.2 Å². The van der Waals surface area contributed by atoms with Crippen LogP contribution in [0.15, 0.2) is 12.2 Å². The molecule has 20 heavy (non-hydrogen) atoms. The number of allylic oxidation sites excluding steroid dienone is 2. The number of piperidine rings is 1. The smallest absolute Gasteiger partial charge is 0.223 e. The number of carbonyl (C=O) groups excluding carboxylic acids is 1. The van der Waals surface area contributed by atoms with Crippen molar-refractivity contribution in [2.24, 2.45) is 11.8 Å². The second-order valence-corrected chi connectivity index (χ2v) is 6.37. The number of amides is 1. The van der Waals surface area contributed by atoms with E-state index in [0.29, 0.717) is 5.91 Å². The van der Waals surface area contributed by atoms with Crippen molar-refractivity contribution in [3.63, 3.8) is 0 Å². The quantitative estimate of drug-likeness (QED) is 0.598. The van der Waals surface area contributed by atoms with E-state index >= 15 is 0 Å². The highest BCUT2D eigenvalue weighted by molar-refractivity contribution is 5.78. The fourth-order valence-electron chi connectivity index (χ4n) is 3.30. The van der Waals surface area contributed by atoms with Gasteiger partial charge in [0.25, 0.3) is 0 Å². The summed E-state index contributed by atoms with van der Waals surface area (Å²) in [6, 6.07) is 0. The normalized spacial score (nSPS) is 24.8. The molecule has 0 radical (unpaired) electrons. The lowest BCUT2D eigenvalue weighted by Crippen LogP contribution is -2.42. The van der Waals surface area contributed by atoms with Crippen LogP contribution in [0.2, 0.25) is 0 Å². The van der Waals surface area contributed by atoms with Gasteiger partial charge in [0.05, 0.1) is 0 Å². The largest absolute Gasteiger partial charge is 0.356 e. The molecule has 3 heteroatoms. The molecule has 0 aromatic rings. The van der Waals surface area contributed by atoms with Gasteiger partial charge in [-0.2, -0.15) is 0 Å². The van der Waals surface area contributed by atoms with Crippen molar-refractivity contribution in [3.8, 4) is 0 Å². The monoisotopic (exact) mass is 278 g/mol. The standard InChI is InChI=1S/C17H30N2O/c1-2-3-11-18-17(20)16-9-12-19(13-10-16)14-15-7-5-4-6-8-15/h4-5,15-16H,2-3,6-14H2,1H3,(H,18,20)/t15-/m0/s1. The van der Waals surface area contributed by atoms with Gasteiger partial charge in [-0.15, -0.1) is 0 Å². The maximum Gasteiger partial charge on any atom is 0.223 e. The van der Waals surface area contributed by atoms with Crippen LogP contribution in [0.1, 0.15) is 51.9 Å². The van der Waals surface area contributed by atoms with Crippen LogP contribution in [0.5, 0.6) is 0 Å². The molecule has 0 aromatic heterocycles. The molecule has 0 unspecified atom stereocenters. The molecule has 2 aliphatic rings. The van der Waals surface area contributed by atoms with E-state index in [9.17, 15) is 4.79 Å². The highest BCUT2D eigenvalue weighted by Gasteiger charge is 2.25. The van der Waals surface area contributed by atoms with Crippen LogP contribution < -0.4 is 5.32 Å². The van der Waals surface area contributed by atoms with Crippen LogP contribution in [0.25, 0.3) is 0 Å². The molecule has 1 aliphatic heterocycles. The minimum Gasteiger partial charge on any atom is -0.356 e. The van der Waals surface area contributed by atoms with Crippen molar-refractivity contribution in [3.05, 3.63) is 12.2 Å². The van der Waals surface area contributed by atoms with Crippen LogP contribution in [-0.2, 0) is 4.79 Å². The van der Waals surface area contributed by atoms with Crippen LogP contribution in [0.4, 0.5) is 0 Å². The molecule has 0 bridgehead atoms. The molecule has 1 amide bonds. The predicted molar refractivity (Wildman–Crippen MR) is 83.6 cm³/mol. The van der Waals surface area contributed by atoms with Crippen molar-refractivity contribution in [1.82, 2.24) is 10.2 Å². The third kappa shape index (κ3) is 4.93. The van der Waals surface area contributed by atoms with Crippen LogP contribution in [-0.4, -0.2) is 37.0 Å². The van der Waals surface area contributed by atoms with E-state index in [4.69, 9.17) is 0 Å². The van der Waals surface area contributed by atoms with E-state index in [-0.39, 0.29) is 5.92 Å². The summed E-state index contributed by atoms with van der Waals surface area (Å²) >= 11 is 0. The van der Waals surface area contributed by atoms with E-state index in [1.54, 1.807) is 0 Å². The highest BCUT2D eigenvalue weighted by atomic mass is 16.1. The van der Waals surface area contributed by atoms with Crippen molar-refractivity contribution in [1.29, 1.82) is 0 Å². The Hall–Kier alpha value is -0.830. The second kappa shape index (κ2) is 8.46. The highest BCUT2D eigenvalue weighted by Crippen LogP contribution is 2.23. The van der Waals surface area contributed by atoms with Crippen molar-refractivity contribution in [2.75, 3.05) is 26.2 Å². The Labute approximate surface area is 123 Å². The Morgan fingerprint density at radius 1 is 1.25 bits per heavy atom. The maximum atomic E-state index is 12.0. The SMILES string of the molecule is CCCCNC(=O)C1CCN(C[C@H]2CC=CCC2)CC1. The van der Waals surface area contributed by atoms with E-state index in [1.807, 2.05) is 0 Å². The van der Waals surface area contributed by atoms with Gasteiger partial charge in [-0.05, 0) is 57.5 Å². The van der Waals surface area contributed by atoms with E-state index < -0.39 is 0 Å². The van der Waals surface area contributed by atoms with Crippen LogP contribution in [0, 0.1) is 11.8 Å². The van der Waals surface area contributed by atoms with Gasteiger partial charge in [0.1, 0.15) is 0 Å². The number of hydrogen-bond donors (Lipinski definition) is 1. The fourth-order valence-corrected chi connectivity index (χ4v) is 3.30. The zero-order valence-electron chi connectivity index (χ0n) is 12.9. The van der Waals surface area contributed by atoms with Crippen molar-refractivity contribution < 1.29 is 4.79 Å². The van der Waals surface area contributed by atoms with Gasteiger partial charge in [-0.1, -0.05) is 25.5 Å². The summed E-state index contributed by atoms with van der Waals surface area (Å²) in [5.41, 5.74) is 0. The summed E-state index contributed by atoms with van der Waals surface area (Å²) in [6.45, 7) is 6.45. The third-order valence-electron chi connectivity index (χ3n) is 4.68. The molecule has 0 spiro atoms. The molecule has 1 fully saturated rings. The van der Waals surface area contributed by atoms with E-state index in [2.05, 4.69) is 29.3 Å². The number of unbranched alkanes of at least 4 members (excludes halogenated alkanes) is 1. The maximum absolute atomic E-state index is 12.0. The minimum absolute atomic E-state index is 0.259. The predicted octanol–water partition coefficient (Wildman–Crippen LogP) is 2.97. The summed E-state index contributed by atoms with van der Waals surface area (Å²) in [6.07, 6.45) is 12.8. The summed E-state index contributed by atoms with van der Waals surface area (Å²) in [5, 5.41) is 3.08. The topological polar surface area (TPSA) is 32.3 Å². The van der Waals surface area contributed by atoms with Gasteiger partial charge in [0.15, 0.2) is 0 Å². The zero-order valence-corrected chi connectivity index (χ0v) is 12.9. The first-order valence-corrected chi connectivity index (χ1v) is 8.44. The average molecular weight is 278 g/mol. The Morgan fingerprint density at radius 2 is 2.05 bits per heavy atom. The van der Waals surface area contributed by atoms with E-state index in [1.165, 1.54) is 25.8 Å². The van der Waals surface area contributed by atoms with Gasteiger partial charge in [0.2, 0.25) is 5.91 Å². The molecule has 0 aromatic carbocycles. The lowest BCUT2D eigenvalue weighted by atomic mass is 9.91. The number of hydrogen-bond acceptors (Lipinski definition) is 2. The molecule has 1 aliphatic carbocycles. The Balaban J connectivity index is 1.64. The summed E-state index contributed by atoms with van der Waals surface area (Å²) in [4.78, 5) is 14.6. The van der Waals surface area contributed by atoms with Crippen molar-refractivity contribution in [2.45, 2.75) is 51.9 Å². The van der Waals surface area contributed by atoms with Crippen LogP contribution >= 0.6 is 0 Å². The van der Waals surface area contributed by atoms with Crippen LogP contribution in [0.3, 0.4) is 0 Å². The molecule has 1 N–H and O–H groups in total. The number of nitrogens with one attached hydrogen (secondary N) is 1. The molecule has 2 rings (SSSR count). The van der Waals surface area contributed by atoms with Gasteiger partial charge in [-0.3, -0.25) is 4.79 Å². The molecule has 114 valence electrons. The number of carbonyl (C=O) groups is 1. The van der Waals surface area contributed by atoms with Crippen molar-refractivity contribution >= 4 is 5.91 Å². The first-order chi connectivity index (χ1) is 9.79. The molecular formula is C17H30N2O. The van der Waals surface area contributed by atoms with Gasteiger partial charge < -0.3 is 10.2 Å². The number of nitrogens with zero attached hydrogens (tertiary/aromatic N) is 1. The first-order valence-electron chi connectivity index (χ1n) is 8.44. The lowest BCUT2D eigenvalue weighted by Gasteiger charge is -2.34. The van der Waals surface area contributed by atoms with Gasteiger partial charge >= 0.3 is 0 Å². The Bertz CT molecular complexity index is 319. The second-order valence-electron chi connectivity index (χ2n) is 6.37.